The van der Waals surface area contributed by atoms with Crippen LogP contribution in [0.4, 0.5) is 0 Å². The maximum absolute atomic E-state index is 12.9. The standard InChI is InChI=1S/C22H28ClN3O4S/c1-17(22(28)24-14-13-18-7-5-4-6-8-18)26(15-19-9-11-20(23)12-10-19)21(27)16-25(2)31(3,29)30/h4-12,17H,13-16H2,1-3H3,(H,24,28)/t17-/m1/s1. The van der Waals surface area contributed by atoms with Crippen molar-refractivity contribution in [3.8, 4) is 0 Å². The molecule has 2 amide bonds. The number of likely N-dealkylation sites (N-methyl/N-ethyl adjacent to an activating group) is 1. The second-order valence-electron chi connectivity index (χ2n) is 7.37. The van der Waals surface area contributed by atoms with Gasteiger partial charge in [0.25, 0.3) is 0 Å². The maximum atomic E-state index is 12.9. The smallest absolute Gasteiger partial charge is 0.242 e. The van der Waals surface area contributed by atoms with E-state index in [9.17, 15) is 18.0 Å². The van der Waals surface area contributed by atoms with Crippen molar-refractivity contribution < 1.29 is 18.0 Å². The fraction of sp³-hybridized carbons (Fsp3) is 0.364. The normalized spacial score (nSPS) is 12.4. The molecular formula is C22H28ClN3O4S. The molecule has 0 heterocycles. The molecule has 0 spiro atoms. The Labute approximate surface area is 189 Å². The minimum atomic E-state index is -3.53. The van der Waals surface area contributed by atoms with Gasteiger partial charge < -0.3 is 10.2 Å². The van der Waals surface area contributed by atoms with Crippen molar-refractivity contribution in [2.75, 3.05) is 26.4 Å². The number of hydrogen-bond acceptors (Lipinski definition) is 4. The number of carbonyl (C=O) groups is 2. The Morgan fingerprint density at radius 2 is 1.65 bits per heavy atom. The summed E-state index contributed by atoms with van der Waals surface area (Å²) in [6.45, 7) is 1.86. The molecule has 0 fully saturated rings. The highest BCUT2D eigenvalue weighted by Crippen LogP contribution is 2.14. The zero-order chi connectivity index (χ0) is 23.0. The second-order valence-corrected chi connectivity index (χ2v) is 9.90. The summed E-state index contributed by atoms with van der Waals surface area (Å²) in [6.07, 6.45) is 1.70. The highest BCUT2D eigenvalue weighted by molar-refractivity contribution is 7.88. The van der Waals surface area contributed by atoms with Gasteiger partial charge in [-0.05, 0) is 36.6 Å². The van der Waals surface area contributed by atoms with E-state index >= 15 is 0 Å². The fourth-order valence-electron chi connectivity index (χ4n) is 2.89. The molecule has 0 aliphatic rings. The van der Waals surface area contributed by atoms with Crippen molar-refractivity contribution >= 4 is 33.4 Å². The topological polar surface area (TPSA) is 86.8 Å². The van der Waals surface area contributed by atoms with Gasteiger partial charge in [0.2, 0.25) is 21.8 Å². The predicted octanol–water partition coefficient (Wildman–Crippen LogP) is 2.31. The van der Waals surface area contributed by atoms with Crippen LogP contribution in [0.1, 0.15) is 18.1 Å². The zero-order valence-electron chi connectivity index (χ0n) is 17.9. The number of hydrogen-bond donors (Lipinski definition) is 1. The molecular weight excluding hydrogens is 438 g/mol. The van der Waals surface area contributed by atoms with Gasteiger partial charge in [0.05, 0.1) is 12.8 Å². The van der Waals surface area contributed by atoms with Crippen LogP contribution in [-0.4, -0.2) is 61.9 Å². The van der Waals surface area contributed by atoms with Crippen LogP contribution in [0.25, 0.3) is 0 Å². The van der Waals surface area contributed by atoms with Gasteiger partial charge in [-0.1, -0.05) is 54.1 Å². The fourth-order valence-corrected chi connectivity index (χ4v) is 3.36. The third kappa shape index (κ3) is 7.97. The monoisotopic (exact) mass is 465 g/mol. The number of rotatable bonds is 10. The summed E-state index contributed by atoms with van der Waals surface area (Å²) in [4.78, 5) is 27.1. The molecule has 0 saturated heterocycles. The number of halogens is 1. The summed E-state index contributed by atoms with van der Waals surface area (Å²) in [5, 5.41) is 3.42. The molecule has 0 aromatic heterocycles. The first-order chi connectivity index (χ1) is 14.6. The number of nitrogens with zero attached hydrogens (tertiary/aromatic N) is 2. The SMILES string of the molecule is C[C@H](C(=O)NCCc1ccccc1)N(Cc1ccc(Cl)cc1)C(=O)CN(C)S(C)(=O)=O. The van der Waals surface area contributed by atoms with E-state index in [0.717, 1.165) is 21.7 Å². The van der Waals surface area contributed by atoms with Crippen molar-refractivity contribution in [1.82, 2.24) is 14.5 Å². The molecule has 0 bridgehead atoms. The second kappa shape index (κ2) is 11.3. The van der Waals surface area contributed by atoms with Crippen molar-refractivity contribution in [2.24, 2.45) is 0 Å². The molecule has 2 rings (SSSR count). The van der Waals surface area contributed by atoms with Crippen molar-refractivity contribution in [3.63, 3.8) is 0 Å². The molecule has 2 aromatic rings. The first-order valence-electron chi connectivity index (χ1n) is 9.85. The Bertz CT molecular complexity index is 982. The van der Waals surface area contributed by atoms with Crippen LogP contribution in [0.15, 0.2) is 54.6 Å². The first kappa shape index (κ1) is 24.8. The number of benzene rings is 2. The lowest BCUT2D eigenvalue weighted by molar-refractivity contribution is -0.140. The minimum Gasteiger partial charge on any atom is -0.354 e. The Morgan fingerprint density at radius 3 is 2.23 bits per heavy atom. The van der Waals surface area contributed by atoms with Crippen LogP contribution in [0.5, 0.6) is 0 Å². The maximum Gasteiger partial charge on any atom is 0.242 e. The van der Waals surface area contributed by atoms with Gasteiger partial charge in [-0.25, -0.2) is 8.42 Å². The zero-order valence-corrected chi connectivity index (χ0v) is 19.5. The largest absolute Gasteiger partial charge is 0.354 e. The number of sulfonamides is 1. The van der Waals surface area contributed by atoms with E-state index in [-0.39, 0.29) is 19.0 Å². The first-order valence-corrected chi connectivity index (χ1v) is 12.1. The molecule has 7 nitrogen and oxygen atoms in total. The molecule has 0 unspecified atom stereocenters. The minimum absolute atomic E-state index is 0.154. The number of nitrogens with one attached hydrogen (secondary N) is 1. The Morgan fingerprint density at radius 1 is 1.03 bits per heavy atom. The summed E-state index contributed by atoms with van der Waals surface area (Å²) in [6, 6.07) is 15.9. The van der Waals surface area contributed by atoms with Gasteiger partial charge in [0.15, 0.2) is 0 Å². The van der Waals surface area contributed by atoms with Crippen LogP contribution >= 0.6 is 11.6 Å². The van der Waals surface area contributed by atoms with Crippen molar-refractivity contribution in [2.45, 2.75) is 25.9 Å². The van der Waals surface area contributed by atoms with Gasteiger partial charge in [-0.15, -0.1) is 0 Å². The Kier molecular flexibility index (Phi) is 9.03. The third-order valence-corrected chi connectivity index (χ3v) is 6.43. The highest BCUT2D eigenvalue weighted by Gasteiger charge is 2.28. The van der Waals surface area contributed by atoms with Crippen molar-refractivity contribution in [1.29, 1.82) is 0 Å². The highest BCUT2D eigenvalue weighted by atomic mass is 35.5. The van der Waals surface area contributed by atoms with Gasteiger partial charge in [-0.3, -0.25) is 9.59 Å². The Balaban J connectivity index is 2.10. The molecule has 1 N–H and O–H groups in total. The van der Waals surface area contributed by atoms with Crippen LogP contribution in [-0.2, 0) is 32.6 Å². The average molecular weight is 466 g/mol. The predicted molar refractivity (Wildman–Crippen MR) is 122 cm³/mol. The Hall–Kier alpha value is -2.42. The molecule has 0 radical (unpaired) electrons. The molecule has 0 aliphatic carbocycles. The molecule has 168 valence electrons. The molecule has 31 heavy (non-hydrogen) atoms. The van der Waals surface area contributed by atoms with Crippen LogP contribution in [0.3, 0.4) is 0 Å². The van der Waals surface area contributed by atoms with Gasteiger partial charge in [-0.2, -0.15) is 4.31 Å². The van der Waals surface area contributed by atoms with E-state index in [2.05, 4.69) is 5.32 Å². The summed E-state index contributed by atoms with van der Waals surface area (Å²) in [7, 11) is -2.20. The van der Waals surface area contributed by atoms with Gasteiger partial charge in [0, 0.05) is 25.2 Å². The molecule has 0 aliphatic heterocycles. The lowest BCUT2D eigenvalue weighted by Gasteiger charge is -2.30. The summed E-state index contributed by atoms with van der Waals surface area (Å²) in [5.74, 6) is -0.770. The van der Waals surface area contributed by atoms with Crippen LogP contribution in [0.2, 0.25) is 5.02 Å². The molecule has 9 heteroatoms. The molecule has 2 aromatic carbocycles. The van der Waals surface area contributed by atoms with E-state index in [1.54, 1.807) is 31.2 Å². The number of amides is 2. The van der Waals surface area contributed by atoms with Gasteiger partial charge in [0.1, 0.15) is 6.04 Å². The lowest BCUT2D eigenvalue weighted by Crippen LogP contribution is -2.50. The van der Waals surface area contributed by atoms with E-state index in [0.29, 0.717) is 18.0 Å². The van der Waals surface area contributed by atoms with Crippen molar-refractivity contribution in [3.05, 3.63) is 70.7 Å². The lowest BCUT2D eigenvalue weighted by atomic mass is 10.1. The quantitative estimate of drug-likeness (QED) is 0.583. The van der Waals surface area contributed by atoms with E-state index < -0.39 is 22.0 Å². The summed E-state index contributed by atoms with van der Waals surface area (Å²) < 4.78 is 24.4. The van der Waals surface area contributed by atoms with E-state index in [4.69, 9.17) is 11.6 Å². The van der Waals surface area contributed by atoms with Gasteiger partial charge >= 0.3 is 0 Å². The molecule has 0 saturated carbocycles. The van der Waals surface area contributed by atoms with Crippen LogP contribution < -0.4 is 5.32 Å². The van der Waals surface area contributed by atoms with E-state index in [1.165, 1.54) is 11.9 Å². The summed E-state index contributed by atoms with van der Waals surface area (Å²) in [5.41, 5.74) is 1.88. The third-order valence-electron chi connectivity index (χ3n) is 4.91. The summed E-state index contributed by atoms with van der Waals surface area (Å²) >= 11 is 5.93. The number of carbonyl (C=O) groups excluding carboxylic acids is 2. The molecule has 1 atom stereocenters. The van der Waals surface area contributed by atoms with Crippen LogP contribution in [0, 0.1) is 0 Å². The average Bonchev–Trinajstić information content (AvgIpc) is 2.72. The van der Waals surface area contributed by atoms with E-state index in [1.807, 2.05) is 30.3 Å².